The normalized spacial score (nSPS) is 26.3. The maximum Gasteiger partial charge on any atom is 0.328 e. The Morgan fingerprint density at radius 2 is 1.81 bits per heavy atom. The minimum atomic E-state index is -0.927. The number of hydrogen-bond donors (Lipinski definition) is 2. The van der Waals surface area contributed by atoms with Crippen molar-refractivity contribution in [3.05, 3.63) is 65.7 Å². The van der Waals surface area contributed by atoms with E-state index in [0.29, 0.717) is 63.8 Å². The average Bonchev–Trinajstić information content (AvgIpc) is 3.57. The molecule has 10 heteroatoms. The molecule has 0 bridgehead atoms. The van der Waals surface area contributed by atoms with Gasteiger partial charge in [0.15, 0.2) is 11.5 Å². The number of ether oxygens (including phenoxy) is 2. The number of methoxy groups -OCH3 is 1. The van der Waals surface area contributed by atoms with E-state index in [2.05, 4.69) is 15.9 Å². The number of amides is 3. The Hall–Kier alpha value is -3.86. The number of carbonyl (C=O) groups excluding carboxylic acids is 2. The predicted octanol–water partition coefficient (Wildman–Crippen LogP) is 3.05. The van der Waals surface area contributed by atoms with Gasteiger partial charge in [-0.1, -0.05) is 36.4 Å². The molecular formula is C32H37N5O5. The van der Waals surface area contributed by atoms with Crippen molar-refractivity contribution < 1.29 is 24.2 Å². The summed E-state index contributed by atoms with van der Waals surface area (Å²) in [6, 6.07) is 17.0. The number of morpholine rings is 1. The van der Waals surface area contributed by atoms with Gasteiger partial charge >= 0.3 is 6.03 Å². The number of anilines is 1. The van der Waals surface area contributed by atoms with Gasteiger partial charge in [0.2, 0.25) is 0 Å². The molecule has 4 fully saturated rings. The smallest absolute Gasteiger partial charge is 0.328 e. The van der Waals surface area contributed by atoms with Crippen molar-refractivity contribution in [3.8, 4) is 11.5 Å². The van der Waals surface area contributed by atoms with Crippen molar-refractivity contribution in [1.29, 1.82) is 0 Å². The van der Waals surface area contributed by atoms with Gasteiger partial charge < -0.3 is 25.2 Å². The summed E-state index contributed by atoms with van der Waals surface area (Å²) in [4.78, 5) is 36.6. The lowest BCUT2D eigenvalue weighted by molar-refractivity contribution is -0.133. The topological polar surface area (TPSA) is 112 Å². The predicted molar refractivity (Wildman–Crippen MR) is 158 cm³/mol. The molecule has 3 atom stereocenters. The Bertz CT molecular complexity index is 1540. The molecule has 0 radical (unpaired) electrons. The summed E-state index contributed by atoms with van der Waals surface area (Å²) < 4.78 is 10.7. The number of carbonyl (C=O) groups is 2. The van der Waals surface area contributed by atoms with Crippen molar-refractivity contribution in [2.24, 2.45) is 5.92 Å². The summed E-state index contributed by atoms with van der Waals surface area (Å²) in [6.45, 7) is 5.64. The van der Waals surface area contributed by atoms with Crippen molar-refractivity contribution in [2.45, 2.75) is 24.5 Å². The first-order chi connectivity index (χ1) is 20.4. The van der Waals surface area contributed by atoms with Gasteiger partial charge in [0.25, 0.3) is 5.91 Å². The first kappa shape index (κ1) is 27.0. The van der Waals surface area contributed by atoms with Crippen molar-refractivity contribution >= 4 is 28.4 Å². The van der Waals surface area contributed by atoms with Crippen LogP contribution < -0.4 is 10.5 Å². The van der Waals surface area contributed by atoms with Crippen LogP contribution in [0.15, 0.2) is 54.6 Å². The van der Waals surface area contributed by atoms with Gasteiger partial charge in [-0.2, -0.15) is 0 Å². The minimum Gasteiger partial charge on any atom is -0.504 e. The van der Waals surface area contributed by atoms with E-state index in [1.807, 2.05) is 41.3 Å². The molecule has 3 aromatic rings. The van der Waals surface area contributed by atoms with E-state index in [0.717, 1.165) is 35.0 Å². The molecule has 3 amide bonds. The third-order valence-electron chi connectivity index (χ3n) is 9.66. The lowest BCUT2D eigenvalue weighted by Gasteiger charge is -2.32. The summed E-state index contributed by atoms with van der Waals surface area (Å²) in [5.74, 6) is 0.405. The van der Waals surface area contributed by atoms with Crippen LogP contribution in [0.1, 0.15) is 23.6 Å². The van der Waals surface area contributed by atoms with E-state index in [4.69, 9.17) is 15.2 Å². The number of nitrogens with zero attached hydrogens (tertiary/aromatic N) is 4. The molecule has 3 aromatic carbocycles. The quantitative estimate of drug-likeness (QED) is 0.329. The van der Waals surface area contributed by atoms with Crippen molar-refractivity contribution in [1.82, 2.24) is 19.6 Å². The number of phenolic OH excluding ortho intramolecular Hbond substituents is 1. The Morgan fingerprint density at radius 3 is 2.57 bits per heavy atom. The summed E-state index contributed by atoms with van der Waals surface area (Å²) in [5, 5.41) is 12.3. The molecule has 1 unspecified atom stereocenters. The molecule has 3 N–H and O–H groups in total. The van der Waals surface area contributed by atoms with Crippen LogP contribution in [0.2, 0.25) is 0 Å². The Labute approximate surface area is 245 Å². The lowest BCUT2D eigenvalue weighted by atomic mass is 9.87. The second kappa shape index (κ2) is 10.4. The van der Waals surface area contributed by atoms with Gasteiger partial charge in [-0.25, -0.2) is 4.79 Å². The molecule has 0 aliphatic carbocycles. The highest BCUT2D eigenvalue weighted by atomic mass is 16.5. The number of phenols is 1. The maximum atomic E-state index is 14.4. The molecule has 10 nitrogen and oxygen atoms in total. The monoisotopic (exact) mass is 571 g/mol. The molecule has 4 aliphatic heterocycles. The molecule has 220 valence electrons. The third kappa shape index (κ3) is 4.20. The Morgan fingerprint density at radius 1 is 1.02 bits per heavy atom. The summed E-state index contributed by atoms with van der Waals surface area (Å²) in [5.41, 5.74) is 8.08. The van der Waals surface area contributed by atoms with Gasteiger partial charge in [-0.05, 0) is 41.1 Å². The number of nitrogen functional groups attached to an aromatic ring is 1. The number of hydrogen-bond acceptors (Lipinski definition) is 8. The first-order valence-electron chi connectivity index (χ1n) is 14.7. The molecule has 4 aliphatic rings. The van der Waals surface area contributed by atoms with Crippen LogP contribution in [-0.4, -0.2) is 102 Å². The van der Waals surface area contributed by atoms with Crippen molar-refractivity contribution in [3.63, 3.8) is 0 Å². The molecule has 1 spiro atoms. The number of imide groups is 1. The van der Waals surface area contributed by atoms with Crippen molar-refractivity contribution in [2.75, 3.05) is 65.3 Å². The zero-order valence-electron chi connectivity index (χ0n) is 23.9. The number of aromatic hydroxyl groups is 1. The fourth-order valence-electron chi connectivity index (χ4n) is 7.67. The molecule has 7 rings (SSSR count). The fraction of sp³-hybridized carbons (Fsp3) is 0.438. The summed E-state index contributed by atoms with van der Waals surface area (Å²) in [6.07, 6.45) is 0.701. The highest BCUT2D eigenvalue weighted by Gasteiger charge is 2.70. The number of nitrogens with two attached hydrogens (primary N) is 1. The third-order valence-corrected chi connectivity index (χ3v) is 9.66. The second-order valence-electron chi connectivity index (χ2n) is 11.9. The number of rotatable bonds is 7. The van der Waals surface area contributed by atoms with Gasteiger partial charge in [0, 0.05) is 62.8 Å². The SMILES string of the molecule is COc1ccc(CN2C[C@@H]3C[C@@H](c4ccc(N)c5ccccc45)N4C(=O)N(CCN5CCOCC5)C(=O)C34C2)cc1O. The highest BCUT2D eigenvalue weighted by Crippen LogP contribution is 2.55. The van der Waals surface area contributed by atoms with Gasteiger partial charge in [0.1, 0.15) is 5.54 Å². The van der Waals surface area contributed by atoms with Gasteiger partial charge in [-0.15, -0.1) is 0 Å². The van der Waals surface area contributed by atoms with Crippen LogP contribution in [0.4, 0.5) is 10.5 Å². The van der Waals surface area contributed by atoms with E-state index in [1.165, 1.54) is 12.0 Å². The van der Waals surface area contributed by atoms with Gasteiger partial charge in [-0.3, -0.25) is 19.5 Å². The largest absolute Gasteiger partial charge is 0.504 e. The van der Waals surface area contributed by atoms with Crippen LogP contribution >= 0.6 is 0 Å². The fourth-order valence-corrected chi connectivity index (χ4v) is 7.67. The average molecular weight is 572 g/mol. The minimum absolute atomic E-state index is 0.0181. The molecular weight excluding hydrogens is 534 g/mol. The first-order valence-corrected chi connectivity index (χ1v) is 14.7. The number of fused-ring (bicyclic) bond motifs is 1. The highest BCUT2D eigenvalue weighted by molar-refractivity contribution is 6.09. The summed E-state index contributed by atoms with van der Waals surface area (Å²) in [7, 11) is 1.53. The van der Waals surface area contributed by atoms with E-state index in [9.17, 15) is 14.7 Å². The van der Waals surface area contributed by atoms with E-state index in [1.54, 1.807) is 12.1 Å². The van der Waals surface area contributed by atoms with Crippen LogP contribution in [0.3, 0.4) is 0 Å². The van der Waals surface area contributed by atoms with E-state index < -0.39 is 5.54 Å². The summed E-state index contributed by atoms with van der Waals surface area (Å²) >= 11 is 0. The molecule has 4 heterocycles. The zero-order valence-corrected chi connectivity index (χ0v) is 23.9. The number of urea groups is 1. The van der Waals surface area contributed by atoms with Crippen LogP contribution in [-0.2, 0) is 16.1 Å². The maximum absolute atomic E-state index is 14.4. The molecule has 42 heavy (non-hydrogen) atoms. The Kier molecular flexibility index (Phi) is 6.72. The standard InChI is InChI=1S/C32H37N5O5/c1-41-29-9-6-21(16-28(29)38)18-35-19-22-17-27(25-7-8-26(33)24-5-3-2-4-23(24)25)37-31(40)36(30(39)32(22,37)20-35)11-10-34-12-14-42-15-13-34/h2-9,16,22,27,38H,10-15,17-20,33H2,1H3/t22-,27-,32?/m0/s1. The van der Waals surface area contributed by atoms with Gasteiger partial charge in [0.05, 0.1) is 26.4 Å². The van der Waals surface area contributed by atoms with Crippen LogP contribution in [0.25, 0.3) is 10.8 Å². The Balaban J connectivity index is 1.22. The molecule has 0 saturated carbocycles. The van der Waals surface area contributed by atoms with E-state index >= 15 is 0 Å². The molecule has 0 aromatic heterocycles. The van der Waals surface area contributed by atoms with Crippen LogP contribution in [0.5, 0.6) is 11.5 Å². The number of benzene rings is 3. The second-order valence-corrected chi connectivity index (χ2v) is 11.9. The molecule has 4 saturated heterocycles. The lowest BCUT2D eigenvalue weighted by Crippen LogP contribution is -2.51. The van der Waals surface area contributed by atoms with Crippen LogP contribution in [0, 0.1) is 5.92 Å². The van der Waals surface area contributed by atoms with E-state index in [-0.39, 0.29) is 29.6 Å². The number of likely N-dealkylation sites (tertiary alicyclic amines) is 1. The zero-order chi connectivity index (χ0) is 29.0.